The van der Waals surface area contributed by atoms with Crippen molar-refractivity contribution < 1.29 is 4.74 Å². The minimum atomic E-state index is 0.566. The molecule has 2 aromatic carbocycles. The third kappa shape index (κ3) is 4.36. The van der Waals surface area contributed by atoms with Gasteiger partial charge in [-0.1, -0.05) is 36.4 Å². The van der Waals surface area contributed by atoms with Crippen molar-refractivity contribution in [3.05, 3.63) is 88.0 Å². The van der Waals surface area contributed by atoms with Gasteiger partial charge >= 0.3 is 0 Å². The number of halogens is 1. The van der Waals surface area contributed by atoms with Crippen LogP contribution in [0.2, 0.25) is 0 Å². The number of anilines is 1. The number of ether oxygens (including phenoxy) is 1. The lowest BCUT2D eigenvalue weighted by Crippen LogP contribution is -2.02. The van der Waals surface area contributed by atoms with E-state index in [4.69, 9.17) is 4.74 Å². The molecular formula is C20H19BrN2O. The Kier molecular flexibility index (Phi) is 5.49. The van der Waals surface area contributed by atoms with Crippen LogP contribution in [-0.4, -0.2) is 4.98 Å². The first kappa shape index (κ1) is 16.5. The Hall–Kier alpha value is -2.33. The summed E-state index contributed by atoms with van der Waals surface area (Å²) in [6, 6.07) is 20.2. The van der Waals surface area contributed by atoms with Gasteiger partial charge in [-0.3, -0.25) is 0 Å². The second kappa shape index (κ2) is 7.97. The molecule has 3 nitrogen and oxygen atoms in total. The molecule has 0 amide bonds. The topological polar surface area (TPSA) is 34.1 Å². The Balaban J connectivity index is 1.61. The largest absolute Gasteiger partial charge is 0.488 e. The van der Waals surface area contributed by atoms with Crippen LogP contribution in [0.4, 0.5) is 5.82 Å². The Morgan fingerprint density at radius 3 is 2.62 bits per heavy atom. The quantitative estimate of drug-likeness (QED) is 0.624. The molecule has 3 rings (SSSR count). The Morgan fingerprint density at radius 2 is 1.88 bits per heavy atom. The van der Waals surface area contributed by atoms with Gasteiger partial charge in [-0.2, -0.15) is 0 Å². The van der Waals surface area contributed by atoms with E-state index in [1.165, 1.54) is 11.1 Å². The maximum Gasteiger partial charge on any atom is 0.134 e. The van der Waals surface area contributed by atoms with Crippen molar-refractivity contribution in [2.24, 2.45) is 0 Å². The van der Waals surface area contributed by atoms with Gasteiger partial charge in [-0.25, -0.2) is 4.98 Å². The number of aromatic nitrogens is 1. The van der Waals surface area contributed by atoms with Crippen molar-refractivity contribution in [3.8, 4) is 5.75 Å². The molecule has 24 heavy (non-hydrogen) atoms. The Bertz CT molecular complexity index is 806. The number of hydrogen-bond donors (Lipinski definition) is 1. The number of hydrogen-bond acceptors (Lipinski definition) is 3. The number of nitrogens with one attached hydrogen (secondary N) is 1. The Labute approximate surface area is 150 Å². The van der Waals surface area contributed by atoms with E-state index in [2.05, 4.69) is 57.4 Å². The van der Waals surface area contributed by atoms with Crippen molar-refractivity contribution in [1.29, 1.82) is 0 Å². The number of aryl methyl sites for hydroxylation is 1. The monoisotopic (exact) mass is 382 g/mol. The maximum atomic E-state index is 5.94. The lowest BCUT2D eigenvalue weighted by Gasteiger charge is -2.12. The van der Waals surface area contributed by atoms with Crippen molar-refractivity contribution in [3.63, 3.8) is 0 Å². The molecular weight excluding hydrogens is 364 g/mol. The van der Waals surface area contributed by atoms with Crippen LogP contribution in [0.25, 0.3) is 0 Å². The van der Waals surface area contributed by atoms with Crippen LogP contribution >= 0.6 is 15.9 Å². The van der Waals surface area contributed by atoms with E-state index in [1.807, 2.05) is 36.4 Å². The molecule has 0 saturated carbocycles. The summed E-state index contributed by atoms with van der Waals surface area (Å²) in [7, 11) is 0. The van der Waals surface area contributed by atoms with Crippen molar-refractivity contribution in [2.75, 3.05) is 5.32 Å². The molecule has 0 radical (unpaired) electrons. The Morgan fingerprint density at radius 1 is 1.04 bits per heavy atom. The molecule has 1 aromatic heterocycles. The van der Waals surface area contributed by atoms with E-state index >= 15 is 0 Å². The maximum absolute atomic E-state index is 5.94. The van der Waals surface area contributed by atoms with Crippen LogP contribution in [-0.2, 0) is 13.2 Å². The number of nitrogens with zero attached hydrogens (tertiary/aromatic N) is 1. The molecule has 1 N–H and O–H groups in total. The second-order valence-corrected chi connectivity index (χ2v) is 6.40. The van der Waals surface area contributed by atoms with Gasteiger partial charge in [-0.05, 0) is 63.8 Å². The summed E-state index contributed by atoms with van der Waals surface area (Å²) in [5, 5.41) is 3.30. The SMILES string of the molecule is Cc1ccccc1COc1ccc(CNc2ccccn2)cc1Br. The molecule has 1 heterocycles. The molecule has 0 aliphatic carbocycles. The number of pyridine rings is 1. The van der Waals surface area contributed by atoms with E-state index in [-0.39, 0.29) is 0 Å². The molecule has 0 bridgehead atoms. The minimum absolute atomic E-state index is 0.566. The van der Waals surface area contributed by atoms with Crippen LogP contribution in [0.1, 0.15) is 16.7 Å². The van der Waals surface area contributed by atoms with Gasteiger partial charge in [0, 0.05) is 12.7 Å². The molecule has 3 aromatic rings. The van der Waals surface area contributed by atoms with Gasteiger partial charge in [-0.15, -0.1) is 0 Å². The van der Waals surface area contributed by atoms with Crippen molar-refractivity contribution >= 4 is 21.7 Å². The average Bonchev–Trinajstić information content (AvgIpc) is 2.61. The normalized spacial score (nSPS) is 10.4. The molecule has 0 spiro atoms. The first-order valence-electron chi connectivity index (χ1n) is 7.83. The first-order valence-corrected chi connectivity index (χ1v) is 8.62. The summed E-state index contributed by atoms with van der Waals surface area (Å²) >= 11 is 3.60. The zero-order chi connectivity index (χ0) is 16.8. The fraction of sp³-hybridized carbons (Fsp3) is 0.150. The number of benzene rings is 2. The summed E-state index contributed by atoms with van der Waals surface area (Å²) in [4.78, 5) is 4.26. The summed E-state index contributed by atoms with van der Waals surface area (Å²) in [6.07, 6.45) is 1.78. The van der Waals surface area contributed by atoms with Crippen molar-refractivity contribution in [2.45, 2.75) is 20.1 Å². The third-order valence-electron chi connectivity index (χ3n) is 3.78. The summed E-state index contributed by atoms with van der Waals surface area (Å²) < 4.78 is 6.90. The predicted octanol–water partition coefficient (Wildman–Crippen LogP) is 5.34. The van der Waals surface area contributed by atoms with Crippen LogP contribution in [0, 0.1) is 6.92 Å². The standard InChI is InChI=1S/C20H19BrN2O/c1-15-6-2-3-7-17(15)14-24-19-10-9-16(12-18(19)21)13-23-20-8-4-5-11-22-20/h2-12H,13-14H2,1H3,(H,22,23). The highest BCUT2D eigenvalue weighted by molar-refractivity contribution is 9.10. The summed E-state index contributed by atoms with van der Waals surface area (Å²) in [5.41, 5.74) is 3.60. The molecule has 122 valence electrons. The van der Waals surface area contributed by atoms with Crippen molar-refractivity contribution in [1.82, 2.24) is 4.98 Å². The van der Waals surface area contributed by atoms with E-state index in [9.17, 15) is 0 Å². The van der Waals surface area contributed by atoms with Gasteiger partial charge in [0.2, 0.25) is 0 Å². The average molecular weight is 383 g/mol. The van der Waals surface area contributed by atoms with Gasteiger partial charge in [0.1, 0.15) is 18.2 Å². The zero-order valence-electron chi connectivity index (χ0n) is 13.5. The second-order valence-electron chi connectivity index (χ2n) is 5.55. The highest BCUT2D eigenvalue weighted by Gasteiger charge is 2.05. The van der Waals surface area contributed by atoms with Gasteiger partial charge in [0.15, 0.2) is 0 Å². The van der Waals surface area contributed by atoms with Gasteiger partial charge in [0.05, 0.1) is 4.47 Å². The molecule has 0 aliphatic rings. The summed E-state index contributed by atoms with van der Waals surface area (Å²) in [6.45, 7) is 3.38. The molecule has 0 unspecified atom stereocenters. The van der Waals surface area contributed by atoms with E-state index in [0.29, 0.717) is 13.2 Å². The molecule has 0 fully saturated rings. The lowest BCUT2D eigenvalue weighted by molar-refractivity contribution is 0.303. The smallest absolute Gasteiger partial charge is 0.134 e. The predicted molar refractivity (Wildman–Crippen MR) is 101 cm³/mol. The fourth-order valence-electron chi connectivity index (χ4n) is 2.36. The van der Waals surface area contributed by atoms with E-state index < -0.39 is 0 Å². The fourth-order valence-corrected chi connectivity index (χ4v) is 2.90. The number of rotatable bonds is 6. The van der Waals surface area contributed by atoms with E-state index in [1.54, 1.807) is 6.20 Å². The minimum Gasteiger partial charge on any atom is -0.488 e. The van der Waals surface area contributed by atoms with Crippen LogP contribution in [0.5, 0.6) is 5.75 Å². The van der Waals surface area contributed by atoms with Crippen LogP contribution in [0.3, 0.4) is 0 Å². The summed E-state index contributed by atoms with van der Waals surface area (Å²) in [5.74, 6) is 1.72. The van der Waals surface area contributed by atoms with Crippen LogP contribution < -0.4 is 10.1 Å². The zero-order valence-corrected chi connectivity index (χ0v) is 15.1. The van der Waals surface area contributed by atoms with Gasteiger partial charge < -0.3 is 10.1 Å². The van der Waals surface area contributed by atoms with Crippen LogP contribution in [0.15, 0.2) is 71.3 Å². The first-order chi connectivity index (χ1) is 11.7. The van der Waals surface area contributed by atoms with Gasteiger partial charge in [0.25, 0.3) is 0 Å². The molecule has 0 aliphatic heterocycles. The molecule has 0 atom stereocenters. The molecule has 4 heteroatoms. The van der Waals surface area contributed by atoms with E-state index in [0.717, 1.165) is 21.6 Å². The highest BCUT2D eigenvalue weighted by atomic mass is 79.9. The molecule has 0 saturated heterocycles. The highest BCUT2D eigenvalue weighted by Crippen LogP contribution is 2.27. The lowest BCUT2D eigenvalue weighted by atomic mass is 10.1. The third-order valence-corrected chi connectivity index (χ3v) is 4.40.